The first-order valence-corrected chi connectivity index (χ1v) is 3.52. The van der Waals surface area contributed by atoms with Crippen LogP contribution in [0.3, 0.4) is 0 Å². The minimum Gasteiger partial charge on any atom is -0.481 e. The molecule has 0 amide bonds. The quantitative estimate of drug-likeness (QED) is 0.545. The number of nitriles is 1. The van der Waals surface area contributed by atoms with Crippen LogP contribution in [0.1, 0.15) is 6.92 Å². The minimum atomic E-state index is -0.796. The van der Waals surface area contributed by atoms with E-state index in [1.807, 2.05) is 13.1 Å². The molecule has 0 unspecified atom stereocenters. The zero-order valence-electron chi connectivity index (χ0n) is 6.32. The molecule has 1 rings (SSSR count). The fourth-order valence-corrected chi connectivity index (χ4v) is 1.37. The molecule has 2 atom stereocenters. The van der Waals surface area contributed by atoms with Crippen LogP contribution < -0.4 is 0 Å². The number of nitrogens with zero attached hydrogens (tertiary/aromatic N) is 2. The van der Waals surface area contributed by atoms with Crippen LogP contribution in [0.4, 0.5) is 0 Å². The topological polar surface area (TPSA) is 64.3 Å². The Labute approximate surface area is 65.0 Å². The number of carboxylic acid groups (broad SMARTS) is 1. The van der Waals surface area contributed by atoms with Gasteiger partial charge >= 0.3 is 5.97 Å². The van der Waals surface area contributed by atoms with E-state index in [9.17, 15) is 4.79 Å². The molecule has 1 aliphatic rings. The number of aliphatic carboxylic acids is 1. The van der Waals surface area contributed by atoms with E-state index in [1.165, 1.54) is 4.90 Å². The van der Waals surface area contributed by atoms with E-state index in [2.05, 4.69) is 0 Å². The SMILES string of the molecule is C[C@@H]1CN(C#N)C[C@H]1C(=O)O. The van der Waals surface area contributed by atoms with Crippen molar-refractivity contribution in [3.63, 3.8) is 0 Å². The lowest BCUT2D eigenvalue weighted by Gasteiger charge is -2.05. The molecule has 0 bridgehead atoms. The lowest BCUT2D eigenvalue weighted by Crippen LogP contribution is -2.20. The number of carboxylic acids is 1. The molecular formula is C7H10N2O2. The third kappa shape index (κ3) is 1.43. The second-order valence-electron chi connectivity index (χ2n) is 2.93. The Morgan fingerprint density at radius 1 is 1.73 bits per heavy atom. The van der Waals surface area contributed by atoms with Crippen molar-refractivity contribution >= 4 is 5.97 Å². The highest BCUT2D eigenvalue weighted by Gasteiger charge is 2.34. The van der Waals surface area contributed by atoms with E-state index in [0.717, 1.165) is 0 Å². The summed E-state index contributed by atoms with van der Waals surface area (Å²) < 4.78 is 0. The average Bonchev–Trinajstić information content (AvgIpc) is 2.30. The predicted octanol–water partition coefficient (Wildman–Crippen LogP) is 0.120. The Balaban J connectivity index is 2.60. The van der Waals surface area contributed by atoms with Gasteiger partial charge < -0.3 is 10.0 Å². The van der Waals surface area contributed by atoms with Gasteiger partial charge in [0.15, 0.2) is 6.19 Å². The summed E-state index contributed by atoms with van der Waals surface area (Å²) in [5, 5.41) is 17.1. The van der Waals surface area contributed by atoms with Gasteiger partial charge in [0, 0.05) is 13.1 Å². The zero-order chi connectivity index (χ0) is 8.43. The summed E-state index contributed by atoms with van der Waals surface area (Å²) in [6.07, 6.45) is 1.95. The lowest BCUT2D eigenvalue weighted by molar-refractivity contribution is -0.142. The average molecular weight is 154 g/mol. The second-order valence-corrected chi connectivity index (χ2v) is 2.93. The van der Waals surface area contributed by atoms with E-state index >= 15 is 0 Å². The van der Waals surface area contributed by atoms with Crippen molar-refractivity contribution in [1.82, 2.24) is 4.90 Å². The molecule has 1 saturated heterocycles. The van der Waals surface area contributed by atoms with Crippen molar-refractivity contribution in [2.45, 2.75) is 6.92 Å². The molecule has 0 aromatic carbocycles. The summed E-state index contributed by atoms with van der Waals surface area (Å²) in [6, 6.07) is 0. The third-order valence-electron chi connectivity index (χ3n) is 2.07. The second kappa shape index (κ2) is 2.79. The highest BCUT2D eigenvalue weighted by atomic mass is 16.4. The van der Waals surface area contributed by atoms with Gasteiger partial charge in [-0.05, 0) is 5.92 Å². The minimum absolute atomic E-state index is 0.0900. The van der Waals surface area contributed by atoms with Gasteiger partial charge in [0.2, 0.25) is 0 Å². The van der Waals surface area contributed by atoms with Crippen LogP contribution in [0.2, 0.25) is 0 Å². The number of likely N-dealkylation sites (tertiary alicyclic amines) is 1. The summed E-state index contributed by atoms with van der Waals surface area (Å²) in [5.74, 6) is -1.07. The van der Waals surface area contributed by atoms with Gasteiger partial charge in [-0.3, -0.25) is 4.79 Å². The van der Waals surface area contributed by atoms with Crippen molar-refractivity contribution in [2.24, 2.45) is 11.8 Å². The van der Waals surface area contributed by atoms with Crippen LogP contribution in [0, 0.1) is 23.3 Å². The molecule has 11 heavy (non-hydrogen) atoms. The van der Waals surface area contributed by atoms with Gasteiger partial charge in [0.05, 0.1) is 5.92 Å². The Bertz CT molecular complexity index is 209. The van der Waals surface area contributed by atoms with Crippen molar-refractivity contribution in [3.05, 3.63) is 0 Å². The van der Waals surface area contributed by atoms with Gasteiger partial charge in [0.25, 0.3) is 0 Å². The van der Waals surface area contributed by atoms with Crippen molar-refractivity contribution in [1.29, 1.82) is 5.26 Å². The normalized spacial score (nSPS) is 30.0. The number of hydrogen-bond acceptors (Lipinski definition) is 3. The monoisotopic (exact) mass is 154 g/mol. The first-order valence-electron chi connectivity index (χ1n) is 3.52. The maximum atomic E-state index is 10.5. The van der Waals surface area contributed by atoms with Crippen molar-refractivity contribution in [3.8, 4) is 6.19 Å². The first-order chi connectivity index (χ1) is 5.15. The molecule has 1 fully saturated rings. The Hall–Kier alpha value is -1.24. The van der Waals surface area contributed by atoms with Gasteiger partial charge in [0.1, 0.15) is 0 Å². The molecular weight excluding hydrogens is 144 g/mol. The standard InChI is InChI=1S/C7H10N2O2/c1-5-2-9(4-8)3-6(5)7(10)11/h5-6H,2-3H2,1H3,(H,10,11)/t5-,6-/m1/s1. The molecule has 1 N–H and O–H groups in total. The van der Waals surface area contributed by atoms with E-state index in [4.69, 9.17) is 10.4 Å². The Kier molecular flexibility index (Phi) is 1.99. The number of carbonyl (C=O) groups is 1. The maximum absolute atomic E-state index is 10.5. The fourth-order valence-electron chi connectivity index (χ4n) is 1.37. The van der Waals surface area contributed by atoms with Crippen LogP contribution in [0.5, 0.6) is 0 Å². The lowest BCUT2D eigenvalue weighted by atomic mass is 9.99. The molecule has 0 radical (unpaired) electrons. The maximum Gasteiger partial charge on any atom is 0.308 e. The molecule has 0 aromatic rings. The molecule has 60 valence electrons. The van der Waals surface area contributed by atoms with Crippen LogP contribution in [0.15, 0.2) is 0 Å². The summed E-state index contributed by atoms with van der Waals surface area (Å²) in [4.78, 5) is 12.0. The largest absolute Gasteiger partial charge is 0.481 e. The fraction of sp³-hybridized carbons (Fsp3) is 0.714. The van der Waals surface area contributed by atoms with Crippen LogP contribution >= 0.6 is 0 Å². The molecule has 1 heterocycles. The van der Waals surface area contributed by atoms with Gasteiger partial charge in [-0.15, -0.1) is 0 Å². The van der Waals surface area contributed by atoms with Gasteiger partial charge in [-0.25, -0.2) is 0 Å². The molecule has 0 aliphatic carbocycles. The number of hydrogen-bond donors (Lipinski definition) is 1. The number of rotatable bonds is 1. The van der Waals surface area contributed by atoms with Crippen molar-refractivity contribution in [2.75, 3.05) is 13.1 Å². The summed E-state index contributed by atoms with van der Waals surface area (Å²) in [7, 11) is 0. The van der Waals surface area contributed by atoms with Gasteiger partial charge in [-0.1, -0.05) is 6.92 Å². The summed E-state index contributed by atoms with van der Waals surface area (Å²) in [6.45, 7) is 2.80. The first kappa shape index (κ1) is 7.86. The van der Waals surface area contributed by atoms with E-state index in [1.54, 1.807) is 0 Å². The van der Waals surface area contributed by atoms with Gasteiger partial charge in [-0.2, -0.15) is 5.26 Å². The predicted molar refractivity (Wildman–Crippen MR) is 37.5 cm³/mol. The Morgan fingerprint density at radius 2 is 2.36 bits per heavy atom. The molecule has 0 spiro atoms. The third-order valence-corrected chi connectivity index (χ3v) is 2.07. The molecule has 4 nitrogen and oxygen atoms in total. The van der Waals surface area contributed by atoms with Crippen LogP contribution in [0.25, 0.3) is 0 Å². The summed E-state index contributed by atoms with van der Waals surface area (Å²) in [5.41, 5.74) is 0. The van der Waals surface area contributed by atoms with Crippen molar-refractivity contribution < 1.29 is 9.90 Å². The zero-order valence-corrected chi connectivity index (χ0v) is 6.32. The highest BCUT2D eigenvalue weighted by molar-refractivity contribution is 5.71. The molecule has 0 aromatic heterocycles. The molecule has 4 heteroatoms. The smallest absolute Gasteiger partial charge is 0.308 e. The Morgan fingerprint density at radius 3 is 2.64 bits per heavy atom. The summed E-state index contributed by atoms with van der Waals surface area (Å²) >= 11 is 0. The van der Waals surface area contributed by atoms with Crippen LogP contribution in [-0.4, -0.2) is 29.1 Å². The molecule has 1 aliphatic heterocycles. The van der Waals surface area contributed by atoms with E-state index < -0.39 is 5.97 Å². The van der Waals surface area contributed by atoms with Crippen LogP contribution in [-0.2, 0) is 4.79 Å². The molecule has 0 saturated carbocycles. The highest BCUT2D eigenvalue weighted by Crippen LogP contribution is 2.21. The van der Waals surface area contributed by atoms with E-state index in [-0.39, 0.29) is 11.8 Å². The van der Waals surface area contributed by atoms with E-state index in [0.29, 0.717) is 13.1 Å².